The fourth-order valence-corrected chi connectivity index (χ4v) is 3.62. The molecule has 1 aromatic carbocycles. The van der Waals surface area contributed by atoms with Crippen LogP contribution in [0, 0.1) is 6.92 Å². The van der Waals surface area contributed by atoms with E-state index < -0.39 is 0 Å². The number of rotatable bonds is 6. The van der Waals surface area contributed by atoms with Crippen molar-refractivity contribution in [2.75, 3.05) is 20.2 Å². The molecule has 0 aliphatic carbocycles. The van der Waals surface area contributed by atoms with Crippen LogP contribution in [0.5, 0.6) is 11.5 Å². The van der Waals surface area contributed by atoms with E-state index in [-0.39, 0.29) is 29.6 Å². The van der Waals surface area contributed by atoms with Gasteiger partial charge >= 0.3 is 0 Å². The molecule has 0 saturated heterocycles. The van der Waals surface area contributed by atoms with Crippen LogP contribution in [0.1, 0.15) is 29.3 Å². The highest BCUT2D eigenvalue weighted by Crippen LogP contribution is 2.41. The minimum Gasteiger partial charge on any atom is -0.488 e. The van der Waals surface area contributed by atoms with Crippen molar-refractivity contribution in [2.24, 2.45) is 4.99 Å². The average molecular weight is 502 g/mol. The monoisotopic (exact) mass is 502 g/mol. The third-order valence-electron chi connectivity index (χ3n) is 4.01. The first-order valence-corrected chi connectivity index (χ1v) is 9.58. The summed E-state index contributed by atoms with van der Waals surface area (Å²) in [6.45, 7) is 8.07. The summed E-state index contributed by atoms with van der Waals surface area (Å²) in [4.78, 5) is 9.77. The van der Waals surface area contributed by atoms with Crippen LogP contribution in [0.4, 0.5) is 0 Å². The van der Waals surface area contributed by atoms with Crippen LogP contribution >= 0.6 is 35.3 Å². The molecule has 2 heterocycles. The summed E-state index contributed by atoms with van der Waals surface area (Å²) < 4.78 is 11.9. The number of hydrogen-bond donors (Lipinski definition) is 2. The summed E-state index contributed by atoms with van der Waals surface area (Å²) in [6, 6.07) is 6.07. The van der Waals surface area contributed by atoms with Crippen molar-refractivity contribution in [3.63, 3.8) is 0 Å². The van der Waals surface area contributed by atoms with Gasteiger partial charge in [0.1, 0.15) is 17.2 Å². The maximum Gasteiger partial charge on any atom is 0.191 e. The third kappa shape index (κ3) is 5.97. The number of ether oxygens (including phenoxy) is 2. The van der Waals surface area contributed by atoms with Gasteiger partial charge in [0.25, 0.3) is 0 Å². The molecule has 148 valence electrons. The van der Waals surface area contributed by atoms with Gasteiger partial charge in [0.05, 0.1) is 13.1 Å². The first kappa shape index (κ1) is 21.7. The number of nitrogens with one attached hydrogen (secondary N) is 2. The van der Waals surface area contributed by atoms with E-state index in [0.717, 1.165) is 28.9 Å². The van der Waals surface area contributed by atoms with Crippen LogP contribution in [0.15, 0.2) is 29.4 Å². The molecule has 6 nitrogen and oxygen atoms in total. The lowest BCUT2D eigenvalue weighted by atomic mass is 10.0. The summed E-state index contributed by atoms with van der Waals surface area (Å²) in [7, 11) is 1.75. The van der Waals surface area contributed by atoms with Crippen LogP contribution in [0.3, 0.4) is 0 Å². The Kier molecular flexibility index (Phi) is 7.72. The van der Waals surface area contributed by atoms with Crippen LogP contribution in [-0.4, -0.2) is 36.7 Å². The number of fused-ring (bicyclic) bond motifs is 1. The lowest BCUT2D eigenvalue weighted by Gasteiger charge is -2.18. The highest BCUT2D eigenvalue weighted by molar-refractivity contribution is 14.0. The van der Waals surface area contributed by atoms with Crippen molar-refractivity contribution >= 4 is 41.3 Å². The largest absolute Gasteiger partial charge is 0.488 e. The Morgan fingerprint density at radius 2 is 2.19 bits per heavy atom. The molecule has 0 fully saturated rings. The summed E-state index contributed by atoms with van der Waals surface area (Å²) in [6.07, 6.45) is 2.79. The van der Waals surface area contributed by atoms with Crippen molar-refractivity contribution in [1.82, 2.24) is 15.6 Å². The zero-order valence-corrected chi connectivity index (χ0v) is 19.3. The second-order valence-electron chi connectivity index (χ2n) is 6.85. The van der Waals surface area contributed by atoms with E-state index in [4.69, 9.17) is 9.47 Å². The van der Waals surface area contributed by atoms with Gasteiger partial charge in [-0.25, -0.2) is 4.98 Å². The van der Waals surface area contributed by atoms with E-state index in [9.17, 15) is 0 Å². The number of guanidine groups is 1. The topological polar surface area (TPSA) is 67.8 Å². The highest BCUT2D eigenvalue weighted by atomic mass is 127. The average Bonchev–Trinajstić information content (AvgIpc) is 3.15. The SMILES string of the molecule is CN=C(NCCOc1cccc2c1OC(C)(C)C2)NCc1ncc(C)s1.I. The first-order valence-electron chi connectivity index (χ1n) is 8.76. The molecule has 0 amide bonds. The summed E-state index contributed by atoms with van der Waals surface area (Å²) in [5.74, 6) is 2.41. The Morgan fingerprint density at radius 1 is 1.37 bits per heavy atom. The smallest absolute Gasteiger partial charge is 0.191 e. The molecule has 1 aliphatic heterocycles. The molecule has 0 radical (unpaired) electrons. The molecule has 0 saturated carbocycles. The Bertz CT molecular complexity index is 792. The Labute approximate surface area is 181 Å². The molecule has 0 bridgehead atoms. The number of halogens is 1. The predicted molar refractivity (Wildman–Crippen MR) is 121 cm³/mol. The fraction of sp³-hybridized carbons (Fsp3) is 0.474. The van der Waals surface area contributed by atoms with Gasteiger partial charge in [-0.3, -0.25) is 4.99 Å². The van der Waals surface area contributed by atoms with Crippen LogP contribution in [-0.2, 0) is 13.0 Å². The van der Waals surface area contributed by atoms with Crippen LogP contribution in [0.25, 0.3) is 0 Å². The van der Waals surface area contributed by atoms with Gasteiger partial charge in [-0.15, -0.1) is 35.3 Å². The van der Waals surface area contributed by atoms with Gasteiger partial charge in [-0.2, -0.15) is 0 Å². The minimum atomic E-state index is -0.166. The lowest BCUT2D eigenvalue weighted by Crippen LogP contribution is -2.38. The second-order valence-corrected chi connectivity index (χ2v) is 8.17. The Balaban J connectivity index is 0.00000261. The second kappa shape index (κ2) is 9.59. The molecule has 8 heteroatoms. The van der Waals surface area contributed by atoms with Gasteiger partial charge in [0.15, 0.2) is 17.5 Å². The molecule has 0 unspecified atom stereocenters. The van der Waals surface area contributed by atoms with E-state index in [0.29, 0.717) is 19.7 Å². The zero-order valence-electron chi connectivity index (χ0n) is 16.2. The Morgan fingerprint density at radius 3 is 2.89 bits per heavy atom. The molecule has 3 rings (SSSR count). The number of hydrogen-bond acceptors (Lipinski definition) is 5. The van der Waals surface area contributed by atoms with Crippen molar-refractivity contribution in [1.29, 1.82) is 0 Å². The van der Waals surface area contributed by atoms with E-state index in [2.05, 4.69) is 47.4 Å². The lowest BCUT2D eigenvalue weighted by molar-refractivity contribution is 0.132. The summed E-state index contributed by atoms with van der Waals surface area (Å²) in [5.41, 5.74) is 1.04. The number of thiazole rings is 1. The van der Waals surface area contributed by atoms with Crippen molar-refractivity contribution in [3.8, 4) is 11.5 Å². The maximum absolute atomic E-state index is 6.03. The number of aryl methyl sites for hydroxylation is 1. The van der Waals surface area contributed by atoms with Crippen molar-refractivity contribution in [2.45, 2.75) is 39.3 Å². The van der Waals surface area contributed by atoms with Gasteiger partial charge < -0.3 is 20.1 Å². The molecule has 27 heavy (non-hydrogen) atoms. The molecular formula is C19H27IN4O2S. The molecular weight excluding hydrogens is 475 g/mol. The molecule has 1 aromatic heterocycles. The molecule has 0 spiro atoms. The maximum atomic E-state index is 6.03. The number of benzene rings is 1. The first-order chi connectivity index (χ1) is 12.5. The minimum absolute atomic E-state index is 0. The van der Waals surface area contributed by atoms with Crippen molar-refractivity contribution in [3.05, 3.63) is 39.8 Å². The predicted octanol–water partition coefficient (Wildman–Crippen LogP) is 3.53. The number of para-hydroxylation sites is 1. The fourth-order valence-electron chi connectivity index (χ4n) is 2.89. The third-order valence-corrected chi connectivity index (χ3v) is 4.92. The van der Waals surface area contributed by atoms with Gasteiger partial charge in [-0.1, -0.05) is 12.1 Å². The molecule has 0 atom stereocenters. The molecule has 1 aliphatic rings. The quantitative estimate of drug-likeness (QED) is 0.274. The van der Waals surface area contributed by atoms with Gasteiger partial charge in [0, 0.05) is 30.1 Å². The van der Waals surface area contributed by atoms with Crippen LogP contribution < -0.4 is 20.1 Å². The van der Waals surface area contributed by atoms with Gasteiger partial charge in [0.2, 0.25) is 0 Å². The molecule has 2 N–H and O–H groups in total. The van der Waals surface area contributed by atoms with Crippen molar-refractivity contribution < 1.29 is 9.47 Å². The number of nitrogens with zero attached hydrogens (tertiary/aromatic N) is 2. The van der Waals surface area contributed by atoms with Crippen LogP contribution in [0.2, 0.25) is 0 Å². The summed E-state index contributed by atoms with van der Waals surface area (Å²) >= 11 is 1.68. The van der Waals surface area contributed by atoms with E-state index in [1.807, 2.05) is 18.3 Å². The van der Waals surface area contributed by atoms with Gasteiger partial charge in [-0.05, 0) is 26.8 Å². The van der Waals surface area contributed by atoms with E-state index in [1.165, 1.54) is 10.4 Å². The standard InChI is InChI=1S/C19H26N4O2S.HI/c1-13-11-22-16(26-13)12-23-18(20-4)21-8-9-24-15-7-5-6-14-10-19(2,3)25-17(14)15;/h5-7,11H,8-10,12H2,1-4H3,(H2,20,21,23);1H. The number of aliphatic imine (C=N–C) groups is 1. The normalized spacial score (nSPS) is 14.7. The highest BCUT2D eigenvalue weighted by Gasteiger charge is 2.32. The summed E-state index contributed by atoms with van der Waals surface area (Å²) in [5, 5.41) is 7.55. The van der Waals surface area contributed by atoms with E-state index in [1.54, 1.807) is 18.4 Å². The number of aromatic nitrogens is 1. The zero-order chi connectivity index (χ0) is 18.6. The molecule has 2 aromatic rings. The van der Waals surface area contributed by atoms with E-state index >= 15 is 0 Å². The Hall–Kier alpha value is -1.55.